The average Bonchev–Trinajstić information content (AvgIpc) is 2.97. The lowest BCUT2D eigenvalue weighted by Crippen LogP contribution is -2.12. The fourth-order valence-corrected chi connectivity index (χ4v) is 3.92. The van der Waals surface area contributed by atoms with Crippen molar-refractivity contribution < 1.29 is 22.3 Å². The zero-order valence-corrected chi connectivity index (χ0v) is 17.8. The molecule has 0 bridgehead atoms. The van der Waals surface area contributed by atoms with Gasteiger partial charge in [0, 0.05) is 23.7 Å². The molecule has 0 aliphatic carbocycles. The second-order valence-corrected chi connectivity index (χ2v) is 8.71. The van der Waals surface area contributed by atoms with Crippen molar-refractivity contribution in [3.8, 4) is 28.4 Å². The summed E-state index contributed by atoms with van der Waals surface area (Å²) in [5.41, 5.74) is 7.50. The molecular formula is C19H18ClFN4O4S. The van der Waals surface area contributed by atoms with Gasteiger partial charge in [-0.15, -0.1) is 0 Å². The van der Waals surface area contributed by atoms with Gasteiger partial charge < -0.3 is 15.0 Å². The molecule has 0 fully saturated rings. The molecule has 3 rings (SSSR count). The van der Waals surface area contributed by atoms with Crippen molar-refractivity contribution in [3.05, 3.63) is 52.9 Å². The van der Waals surface area contributed by atoms with Crippen LogP contribution in [0, 0.1) is 5.82 Å². The summed E-state index contributed by atoms with van der Waals surface area (Å²) >= 11 is 6.17. The Bertz CT molecular complexity index is 1260. The first kappa shape index (κ1) is 21.6. The number of primary amides is 1. The predicted molar refractivity (Wildman–Crippen MR) is 113 cm³/mol. The van der Waals surface area contributed by atoms with Crippen LogP contribution in [0.3, 0.4) is 0 Å². The van der Waals surface area contributed by atoms with E-state index in [1.807, 2.05) is 0 Å². The molecule has 11 heteroatoms. The molecular weight excluding hydrogens is 435 g/mol. The first-order chi connectivity index (χ1) is 14.0. The largest absolute Gasteiger partial charge is 0.494 e. The standard InChI is InChI=1S/C19H18ClFN4O4S/c1-25-15(17-16(29-2)7-12(21)9-23-17)8-14(19(22)26)18(25)10-4-11(20)6-13(5-10)24-30(3,27)28/h4-9,24H,1-3H3,(H2,22,26). The first-order valence-corrected chi connectivity index (χ1v) is 10.7. The molecule has 0 atom stereocenters. The average molecular weight is 453 g/mol. The van der Waals surface area contributed by atoms with Crippen LogP contribution < -0.4 is 15.2 Å². The van der Waals surface area contributed by atoms with Crippen LogP contribution in [-0.2, 0) is 17.1 Å². The summed E-state index contributed by atoms with van der Waals surface area (Å²) in [4.78, 5) is 16.2. The molecule has 158 valence electrons. The number of pyridine rings is 1. The van der Waals surface area contributed by atoms with E-state index in [1.54, 1.807) is 17.7 Å². The Morgan fingerprint density at radius 3 is 2.57 bits per heavy atom. The number of carbonyl (C=O) groups is 1. The third-order valence-electron chi connectivity index (χ3n) is 4.25. The fourth-order valence-electron chi connectivity index (χ4n) is 3.14. The van der Waals surface area contributed by atoms with Crippen LogP contribution in [0.25, 0.3) is 22.6 Å². The summed E-state index contributed by atoms with van der Waals surface area (Å²) in [5.74, 6) is -1.12. The third-order valence-corrected chi connectivity index (χ3v) is 5.08. The number of benzene rings is 1. The molecule has 30 heavy (non-hydrogen) atoms. The molecule has 1 amide bonds. The van der Waals surface area contributed by atoms with E-state index < -0.39 is 21.7 Å². The van der Waals surface area contributed by atoms with E-state index in [0.29, 0.717) is 22.6 Å². The Kier molecular flexibility index (Phi) is 5.73. The van der Waals surface area contributed by atoms with E-state index in [2.05, 4.69) is 9.71 Å². The smallest absolute Gasteiger partial charge is 0.250 e. The number of hydrogen-bond donors (Lipinski definition) is 2. The minimum Gasteiger partial charge on any atom is -0.494 e. The van der Waals surface area contributed by atoms with Crippen molar-refractivity contribution in [2.75, 3.05) is 18.1 Å². The Balaban J connectivity index is 2.26. The Morgan fingerprint density at radius 2 is 1.97 bits per heavy atom. The number of nitrogens with one attached hydrogen (secondary N) is 1. The van der Waals surface area contributed by atoms with Gasteiger partial charge in [0.25, 0.3) is 5.91 Å². The number of hydrogen-bond acceptors (Lipinski definition) is 5. The van der Waals surface area contributed by atoms with Crippen molar-refractivity contribution in [1.29, 1.82) is 0 Å². The van der Waals surface area contributed by atoms with Gasteiger partial charge in [-0.25, -0.2) is 17.8 Å². The Hall–Kier alpha value is -3.11. The van der Waals surface area contributed by atoms with Gasteiger partial charge in [0.15, 0.2) is 0 Å². The van der Waals surface area contributed by atoms with Gasteiger partial charge in [0.1, 0.15) is 17.3 Å². The third kappa shape index (κ3) is 4.39. The van der Waals surface area contributed by atoms with Crippen molar-refractivity contribution in [1.82, 2.24) is 9.55 Å². The van der Waals surface area contributed by atoms with E-state index in [1.165, 1.54) is 31.4 Å². The van der Waals surface area contributed by atoms with Gasteiger partial charge in [0.2, 0.25) is 10.0 Å². The summed E-state index contributed by atoms with van der Waals surface area (Å²) in [6, 6.07) is 7.20. The molecule has 0 saturated carbocycles. The van der Waals surface area contributed by atoms with Gasteiger partial charge in [-0.1, -0.05) is 11.6 Å². The minimum absolute atomic E-state index is 0.147. The van der Waals surface area contributed by atoms with Crippen LogP contribution in [-0.4, -0.2) is 37.2 Å². The van der Waals surface area contributed by atoms with E-state index in [9.17, 15) is 17.6 Å². The molecule has 0 aliphatic heterocycles. The molecule has 0 saturated heterocycles. The number of ether oxygens (including phenoxy) is 1. The first-order valence-electron chi connectivity index (χ1n) is 8.48. The molecule has 0 spiro atoms. The van der Waals surface area contributed by atoms with E-state index >= 15 is 0 Å². The molecule has 0 unspecified atom stereocenters. The molecule has 0 radical (unpaired) electrons. The van der Waals surface area contributed by atoms with Crippen molar-refractivity contribution in [3.63, 3.8) is 0 Å². The van der Waals surface area contributed by atoms with Crippen LogP contribution in [0.4, 0.5) is 10.1 Å². The summed E-state index contributed by atoms with van der Waals surface area (Å²) in [6.45, 7) is 0. The molecule has 2 aromatic heterocycles. The summed E-state index contributed by atoms with van der Waals surface area (Å²) in [6.07, 6.45) is 2.04. The van der Waals surface area contributed by atoms with E-state index in [4.69, 9.17) is 22.1 Å². The number of nitrogens with two attached hydrogens (primary N) is 1. The molecule has 2 heterocycles. The number of anilines is 1. The molecule has 3 N–H and O–H groups in total. The number of methoxy groups -OCH3 is 1. The van der Waals surface area contributed by atoms with Crippen molar-refractivity contribution >= 4 is 33.2 Å². The summed E-state index contributed by atoms with van der Waals surface area (Å²) < 4.78 is 46.0. The molecule has 3 aromatic rings. The van der Waals surface area contributed by atoms with Crippen LogP contribution in [0.5, 0.6) is 5.75 Å². The normalized spacial score (nSPS) is 11.4. The molecule has 0 aliphatic rings. The van der Waals surface area contributed by atoms with Crippen molar-refractivity contribution in [2.45, 2.75) is 0 Å². The maximum atomic E-state index is 13.6. The number of rotatable bonds is 6. The quantitative estimate of drug-likeness (QED) is 0.596. The Morgan fingerprint density at radius 1 is 1.27 bits per heavy atom. The number of nitrogens with zero attached hydrogens (tertiary/aromatic N) is 2. The number of amides is 1. The summed E-state index contributed by atoms with van der Waals surface area (Å²) in [7, 11) is -0.517. The topological polar surface area (TPSA) is 116 Å². The maximum absolute atomic E-state index is 13.6. The zero-order valence-electron chi connectivity index (χ0n) is 16.2. The Labute approximate surface area is 177 Å². The number of aromatic nitrogens is 2. The lowest BCUT2D eigenvalue weighted by Gasteiger charge is -2.13. The van der Waals surface area contributed by atoms with Crippen LogP contribution in [0.1, 0.15) is 10.4 Å². The number of sulfonamides is 1. The van der Waals surface area contributed by atoms with E-state index in [0.717, 1.165) is 12.5 Å². The summed E-state index contributed by atoms with van der Waals surface area (Å²) in [5, 5.41) is 0.245. The monoisotopic (exact) mass is 452 g/mol. The van der Waals surface area contributed by atoms with Gasteiger partial charge in [0.05, 0.1) is 42.2 Å². The van der Waals surface area contributed by atoms with Gasteiger partial charge in [-0.3, -0.25) is 9.52 Å². The lowest BCUT2D eigenvalue weighted by atomic mass is 10.1. The lowest BCUT2D eigenvalue weighted by molar-refractivity contribution is 0.100. The zero-order chi connectivity index (χ0) is 22.2. The van der Waals surface area contributed by atoms with Gasteiger partial charge >= 0.3 is 0 Å². The van der Waals surface area contributed by atoms with Crippen LogP contribution >= 0.6 is 11.6 Å². The van der Waals surface area contributed by atoms with E-state index in [-0.39, 0.29) is 22.0 Å². The highest BCUT2D eigenvalue weighted by Crippen LogP contribution is 2.37. The van der Waals surface area contributed by atoms with Crippen LogP contribution in [0.2, 0.25) is 5.02 Å². The molecule has 8 nitrogen and oxygen atoms in total. The minimum atomic E-state index is -3.55. The SMILES string of the molecule is COc1cc(F)cnc1-c1cc(C(N)=O)c(-c2cc(Cl)cc(NS(C)(=O)=O)c2)n1C. The highest BCUT2D eigenvalue weighted by molar-refractivity contribution is 7.92. The van der Waals surface area contributed by atoms with Crippen molar-refractivity contribution in [2.24, 2.45) is 12.8 Å². The second kappa shape index (κ2) is 7.96. The number of halogens is 2. The predicted octanol–water partition coefficient (Wildman–Crippen LogP) is 3.03. The second-order valence-electron chi connectivity index (χ2n) is 6.52. The van der Waals surface area contributed by atoms with Gasteiger partial charge in [-0.2, -0.15) is 0 Å². The molecule has 1 aromatic carbocycles. The highest BCUT2D eigenvalue weighted by Gasteiger charge is 2.23. The van der Waals surface area contributed by atoms with Gasteiger partial charge in [-0.05, 0) is 24.3 Å². The fraction of sp³-hybridized carbons (Fsp3) is 0.158. The highest BCUT2D eigenvalue weighted by atomic mass is 35.5. The van der Waals surface area contributed by atoms with Crippen LogP contribution in [0.15, 0.2) is 36.5 Å². The maximum Gasteiger partial charge on any atom is 0.250 e. The number of carbonyl (C=O) groups excluding carboxylic acids is 1.